The van der Waals surface area contributed by atoms with Crippen LogP contribution in [0.25, 0.3) is 10.2 Å². The summed E-state index contributed by atoms with van der Waals surface area (Å²) in [6.07, 6.45) is 6.76. The van der Waals surface area contributed by atoms with Gasteiger partial charge in [0.1, 0.15) is 0 Å². The van der Waals surface area contributed by atoms with E-state index < -0.39 is 9.84 Å². The number of nitrogens with zero attached hydrogens (tertiary/aromatic N) is 3. The van der Waals surface area contributed by atoms with E-state index in [0.717, 1.165) is 26.2 Å². The smallest absolute Gasteiger partial charge is 0.233 e. The maximum absolute atomic E-state index is 13.3. The van der Waals surface area contributed by atoms with Crippen molar-refractivity contribution in [3.8, 4) is 0 Å². The molecule has 0 atom stereocenters. The van der Waals surface area contributed by atoms with Crippen molar-refractivity contribution in [1.82, 2.24) is 9.97 Å². The van der Waals surface area contributed by atoms with E-state index in [1.165, 1.54) is 29.7 Å². The maximum Gasteiger partial charge on any atom is 0.233 e. The molecular formula is C23H21N3O3S3. The zero-order valence-electron chi connectivity index (χ0n) is 17.6. The lowest BCUT2D eigenvalue weighted by Crippen LogP contribution is -2.31. The predicted octanol–water partition coefficient (Wildman–Crippen LogP) is 4.59. The number of thiazole rings is 1. The molecule has 2 aromatic heterocycles. The van der Waals surface area contributed by atoms with Gasteiger partial charge in [0.15, 0.2) is 15.0 Å². The summed E-state index contributed by atoms with van der Waals surface area (Å²) < 4.78 is 24.4. The number of sulfone groups is 1. The highest BCUT2D eigenvalue weighted by molar-refractivity contribution is 7.98. The van der Waals surface area contributed by atoms with Crippen molar-refractivity contribution in [2.24, 2.45) is 0 Å². The minimum absolute atomic E-state index is 0.120. The van der Waals surface area contributed by atoms with E-state index in [2.05, 4.69) is 11.1 Å². The van der Waals surface area contributed by atoms with Crippen LogP contribution < -0.4 is 4.90 Å². The number of rotatable bonds is 7. The van der Waals surface area contributed by atoms with Gasteiger partial charge < -0.3 is 0 Å². The summed E-state index contributed by atoms with van der Waals surface area (Å²) in [7, 11) is -3.28. The molecule has 0 N–H and O–H groups in total. The Bertz CT molecular complexity index is 1350. The molecule has 0 unspecified atom stereocenters. The molecule has 0 saturated heterocycles. The van der Waals surface area contributed by atoms with Crippen molar-refractivity contribution in [1.29, 1.82) is 0 Å². The van der Waals surface area contributed by atoms with Crippen LogP contribution in [0.3, 0.4) is 0 Å². The zero-order valence-corrected chi connectivity index (χ0v) is 20.0. The van der Waals surface area contributed by atoms with Crippen LogP contribution in [-0.4, -0.2) is 36.8 Å². The molecule has 0 bridgehead atoms. The average molecular weight is 484 g/mol. The average Bonchev–Trinajstić information content (AvgIpc) is 3.20. The highest BCUT2D eigenvalue weighted by atomic mass is 32.2. The first-order chi connectivity index (χ1) is 15.3. The number of thioether (sulfide) groups is 1. The van der Waals surface area contributed by atoms with E-state index >= 15 is 0 Å². The van der Waals surface area contributed by atoms with Gasteiger partial charge in [-0.1, -0.05) is 29.5 Å². The van der Waals surface area contributed by atoms with E-state index in [1.807, 2.05) is 30.5 Å². The van der Waals surface area contributed by atoms with Crippen LogP contribution in [0.2, 0.25) is 0 Å². The summed E-state index contributed by atoms with van der Waals surface area (Å²) in [5.74, 6) is -0.120. The summed E-state index contributed by atoms with van der Waals surface area (Å²) in [6, 6.07) is 16.3. The molecule has 0 aliphatic carbocycles. The third kappa shape index (κ3) is 5.17. The fraction of sp³-hybridized carbons (Fsp3) is 0.174. The molecule has 0 saturated carbocycles. The second-order valence-electron chi connectivity index (χ2n) is 7.26. The second kappa shape index (κ2) is 9.40. The number of anilines is 1. The highest BCUT2D eigenvalue weighted by Gasteiger charge is 2.21. The first-order valence-corrected chi connectivity index (χ1v) is 13.7. The molecule has 4 rings (SSSR count). The van der Waals surface area contributed by atoms with Crippen LogP contribution in [0.15, 0.2) is 76.8 Å². The Balaban J connectivity index is 1.65. The molecular weight excluding hydrogens is 462 g/mol. The summed E-state index contributed by atoms with van der Waals surface area (Å²) in [6.45, 7) is 0.350. The van der Waals surface area contributed by atoms with Crippen LogP contribution in [-0.2, 0) is 27.6 Å². The Labute approximate surface area is 195 Å². The van der Waals surface area contributed by atoms with Crippen molar-refractivity contribution in [3.05, 3.63) is 78.1 Å². The van der Waals surface area contributed by atoms with Crippen molar-refractivity contribution in [2.75, 3.05) is 17.4 Å². The lowest BCUT2D eigenvalue weighted by Gasteiger charge is -2.20. The molecule has 0 aliphatic rings. The van der Waals surface area contributed by atoms with Gasteiger partial charge in [0.2, 0.25) is 5.91 Å². The predicted molar refractivity (Wildman–Crippen MR) is 130 cm³/mol. The Morgan fingerprint density at radius 3 is 2.53 bits per heavy atom. The molecule has 9 heteroatoms. The topological polar surface area (TPSA) is 80.2 Å². The van der Waals surface area contributed by atoms with Crippen LogP contribution in [0, 0.1) is 0 Å². The third-order valence-corrected chi connectivity index (χ3v) is 7.78. The number of pyridine rings is 1. The van der Waals surface area contributed by atoms with Gasteiger partial charge in [-0.05, 0) is 53.8 Å². The van der Waals surface area contributed by atoms with E-state index in [1.54, 1.807) is 41.2 Å². The summed E-state index contributed by atoms with van der Waals surface area (Å²) >= 11 is 3.14. The molecule has 2 heterocycles. The van der Waals surface area contributed by atoms with Gasteiger partial charge in [0.25, 0.3) is 0 Å². The molecule has 0 spiro atoms. The number of benzene rings is 2. The summed E-state index contributed by atoms with van der Waals surface area (Å²) in [5, 5.41) is 0.625. The number of aromatic nitrogens is 2. The lowest BCUT2D eigenvalue weighted by molar-refractivity contribution is -0.118. The van der Waals surface area contributed by atoms with Crippen molar-refractivity contribution >= 4 is 54.2 Å². The van der Waals surface area contributed by atoms with Gasteiger partial charge in [0.05, 0.1) is 28.1 Å². The first-order valence-electron chi connectivity index (χ1n) is 9.76. The molecule has 1 amide bonds. The van der Waals surface area contributed by atoms with Crippen LogP contribution >= 0.6 is 23.1 Å². The Hall–Kier alpha value is -2.75. The molecule has 2 aromatic carbocycles. The molecule has 6 nitrogen and oxygen atoms in total. The second-order valence-corrected chi connectivity index (χ2v) is 11.2. The molecule has 0 aliphatic heterocycles. The largest absolute Gasteiger partial charge is 0.283 e. The van der Waals surface area contributed by atoms with Crippen LogP contribution in [0.1, 0.15) is 11.1 Å². The molecule has 32 heavy (non-hydrogen) atoms. The minimum atomic E-state index is -3.28. The number of carbonyl (C=O) groups excluding carboxylic acids is 1. The van der Waals surface area contributed by atoms with E-state index in [0.29, 0.717) is 11.7 Å². The fourth-order valence-corrected chi connectivity index (χ4v) is 5.36. The van der Waals surface area contributed by atoms with Crippen molar-refractivity contribution in [3.63, 3.8) is 0 Å². The summed E-state index contributed by atoms with van der Waals surface area (Å²) in [5.41, 5.74) is 2.49. The van der Waals surface area contributed by atoms with E-state index in [4.69, 9.17) is 4.98 Å². The third-order valence-electron chi connectivity index (χ3n) is 4.89. The molecule has 0 fully saturated rings. The minimum Gasteiger partial charge on any atom is -0.283 e. The van der Waals surface area contributed by atoms with Crippen LogP contribution in [0.5, 0.6) is 0 Å². The molecule has 0 radical (unpaired) electrons. The monoisotopic (exact) mass is 483 g/mol. The molecule has 4 aromatic rings. The number of amides is 1. The number of carbonyl (C=O) groups is 1. The fourth-order valence-electron chi connectivity index (χ4n) is 3.20. The van der Waals surface area contributed by atoms with Gasteiger partial charge in [-0.2, -0.15) is 0 Å². The SMILES string of the molecule is CSc1ccc2nc(N(Cc3cccnc3)C(=O)Cc3ccc(S(C)(=O)=O)cc3)sc2c1. The Kier molecular flexibility index (Phi) is 6.59. The number of fused-ring (bicyclic) bond motifs is 1. The maximum atomic E-state index is 13.3. The zero-order chi connectivity index (χ0) is 22.7. The normalized spacial score (nSPS) is 11.6. The van der Waals surface area contributed by atoms with Gasteiger partial charge in [-0.15, -0.1) is 11.8 Å². The highest BCUT2D eigenvalue weighted by Crippen LogP contribution is 2.32. The number of hydrogen-bond donors (Lipinski definition) is 0. The molecule has 164 valence electrons. The standard InChI is InChI=1S/C23H21N3O3S3/c1-30-18-7-10-20-21(13-18)31-23(25-20)26(15-17-4-3-11-24-14-17)22(27)12-16-5-8-19(9-6-16)32(2,28)29/h3-11,13-14H,12,15H2,1-2H3. The van der Waals surface area contributed by atoms with E-state index in [9.17, 15) is 13.2 Å². The van der Waals surface area contributed by atoms with Crippen molar-refractivity contribution < 1.29 is 13.2 Å². The van der Waals surface area contributed by atoms with Gasteiger partial charge in [-0.3, -0.25) is 14.7 Å². The lowest BCUT2D eigenvalue weighted by atomic mass is 10.1. The number of hydrogen-bond acceptors (Lipinski definition) is 7. The first kappa shape index (κ1) is 22.4. The van der Waals surface area contributed by atoms with Gasteiger partial charge in [0, 0.05) is 23.5 Å². The van der Waals surface area contributed by atoms with Gasteiger partial charge in [-0.25, -0.2) is 13.4 Å². The van der Waals surface area contributed by atoms with Crippen LogP contribution in [0.4, 0.5) is 5.13 Å². The summed E-state index contributed by atoms with van der Waals surface area (Å²) in [4.78, 5) is 25.3. The van der Waals surface area contributed by atoms with Gasteiger partial charge >= 0.3 is 0 Å². The van der Waals surface area contributed by atoms with E-state index in [-0.39, 0.29) is 17.2 Å². The quantitative estimate of drug-likeness (QED) is 0.358. The Morgan fingerprint density at radius 1 is 1.09 bits per heavy atom. The Morgan fingerprint density at radius 2 is 1.88 bits per heavy atom. The van der Waals surface area contributed by atoms with Crippen molar-refractivity contribution in [2.45, 2.75) is 22.8 Å².